The maximum Gasteiger partial charge on any atom is 0.275 e. The molecule has 1 aromatic rings. The number of aryl methyl sites for hydroxylation is 1. The van der Waals surface area contributed by atoms with Gasteiger partial charge in [0, 0.05) is 13.2 Å². The number of hydrogen-bond donors (Lipinski definition) is 3. The Morgan fingerprint density at radius 1 is 1.69 bits per heavy atom. The summed E-state index contributed by atoms with van der Waals surface area (Å²) in [6, 6.07) is 1.45. The lowest BCUT2D eigenvalue weighted by molar-refractivity contribution is -0.119. The molecule has 6 nitrogen and oxygen atoms in total. The first-order chi connectivity index (χ1) is 7.59. The van der Waals surface area contributed by atoms with Gasteiger partial charge in [0.15, 0.2) is 0 Å². The Kier molecular flexibility index (Phi) is 2.66. The zero-order chi connectivity index (χ0) is 11.7. The van der Waals surface area contributed by atoms with Crippen molar-refractivity contribution in [1.29, 1.82) is 0 Å². The van der Waals surface area contributed by atoms with Gasteiger partial charge in [0.05, 0.1) is 11.7 Å². The van der Waals surface area contributed by atoms with Crippen molar-refractivity contribution >= 4 is 17.3 Å². The zero-order valence-electron chi connectivity index (χ0n) is 8.99. The van der Waals surface area contributed by atoms with Crippen LogP contribution in [-0.4, -0.2) is 23.1 Å². The van der Waals surface area contributed by atoms with E-state index in [0.29, 0.717) is 5.69 Å². The molecule has 1 fully saturated rings. The van der Waals surface area contributed by atoms with Gasteiger partial charge in [0.2, 0.25) is 5.91 Å². The van der Waals surface area contributed by atoms with Crippen LogP contribution in [0.25, 0.3) is 0 Å². The molecule has 1 saturated heterocycles. The predicted octanol–water partition coefficient (Wildman–Crippen LogP) is -0.732. The van der Waals surface area contributed by atoms with Gasteiger partial charge >= 0.3 is 0 Å². The van der Waals surface area contributed by atoms with Crippen molar-refractivity contribution < 1.29 is 4.79 Å². The Labute approximate surface area is 92.4 Å². The Hall–Kier alpha value is -1.82. The topological polar surface area (TPSA) is 89.2 Å². The third-order valence-electron chi connectivity index (χ3n) is 2.70. The molecule has 2 heterocycles. The predicted molar refractivity (Wildman–Crippen MR) is 61.1 cm³/mol. The van der Waals surface area contributed by atoms with Gasteiger partial charge < -0.3 is 20.9 Å². The molecule has 1 amide bonds. The molecule has 1 aliphatic heterocycles. The minimum Gasteiger partial charge on any atom is -0.393 e. The third kappa shape index (κ3) is 1.79. The number of rotatable bonds is 2. The van der Waals surface area contributed by atoms with E-state index in [-0.39, 0.29) is 23.2 Å². The fraction of sp³-hybridized carbons (Fsp3) is 0.400. The molecule has 1 aliphatic rings. The largest absolute Gasteiger partial charge is 0.393 e. The first-order valence-electron chi connectivity index (χ1n) is 5.09. The normalized spacial score (nSPS) is 18.9. The van der Waals surface area contributed by atoms with Crippen LogP contribution in [-0.2, 0) is 11.8 Å². The van der Waals surface area contributed by atoms with E-state index in [4.69, 9.17) is 5.73 Å². The summed E-state index contributed by atoms with van der Waals surface area (Å²) < 4.78 is 1.37. The summed E-state index contributed by atoms with van der Waals surface area (Å²) in [6.07, 6.45) is 2.39. The first kappa shape index (κ1) is 10.7. The summed E-state index contributed by atoms with van der Waals surface area (Å²) in [5, 5.41) is 5.62. The highest BCUT2D eigenvalue weighted by atomic mass is 16.2. The van der Waals surface area contributed by atoms with Crippen LogP contribution in [0.15, 0.2) is 17.1 Å². The van der Waals surface area contributed by atoms with Gasteiger partial charge in [-0.1, -0.05) is 0 Å². The molecule has 4 N–H and O–H groups in total. The van der Waals surface area contributed by atoms with E-state index < -0.39 is 0 Å². The Balaban J connectivity index is 2.18. The van der Waals surface area contributed by atoms with E-state index in [0.717, 1.165) is 13.0 Å². The van der Waals surface area contributed by atoms with Crippen molar-refractivity contribution in [3.8, 4) is 0 Å². The molecule has 1 unspecified atom stereocenters. The molecule has 0 bridgehead atoms. The number of carbonyl (C=O) groups is 1. The van der Waals surface area contributed by atoms with Crippen LogP contribution in [0.4, 0.5) is 11.4 Å². The number of nitrogens with one attached hydrogen (secondary N) is 2. The minimum atomic E-state index is -0.306. The maximum atomic E-state index is 11.6. The SMILES string of the molecule is Cn1ccc(NC(=O)C2CCN2)c(N)c1=O. The van der Waals surface area contributed by atoms with Crippen molar-refractivity contribution in [3.63, 3.8) is 0 Å². The summed E-state index contributed by atoms with van der Waals surface area (Å²) in [5.41, 5.74) is 5.76. The van der Waals surface area contributed by atoms with Gasteiger partial charge in [-0.25, -0.2) is 0 Å². The number of anilines is 2. The average molecular weight is 222 g/mol. The van der Waals surface area contributed by atoms with Crippen molar-refractivity contribution in [2.24, 2.45) is 7.05 Å². The van der Waals surface area contributed by atoms with Crippen LogP contribution in [0.3, 0.4) is 0 Å². The van der Waals surface area contributed by atoms with E-state index >= 15 is 0 Å². The molecule has 0 radical (unpaired) electrons. The number of pyridine rings is 1. The number of carbonyl (C=O) groups excluding carboxylic acids is 1. The smallest absolute Gasteiger partial charge is 0.275 e. The summed E-state index contributed by atoms with van der Waals surface area (Å²) >= 11 is 0. The maximum absolute atomic E-state index is 11.6. The fourth-order valence-electron chi connectivity index (χ4n) is 1.49. The third-order valence-corrected chi connectivity index (χ3v) is 2.70. The summed E-state index contributed by atoms with van der Waals surface area (Å²) in [5.74, 6) is -0.147. The quantitative estimate of drug-likeness (QED) is 0.615. The number of amides is 1. The van der Waals surface area contributed by atoms with Crippen molar-refractivity contribution in [1.82, 2.24) is 9.88 Å². The summed E-state index contributed by atoms with van der Waals surface area (Å²) in [6.45, 7) is 0.851. The Bertz CT molecular complexity index is 476. The molecule has 0 spiro atoms. The van der Waals surface area contributed by atoms with E-state index in [2.05, 4.69) is 10.6 Å². The van der Waals surface area contributed by atoms with Crippen LogP contribution < -0.4 is 21.9 Å². The minimum absolute atomic E-state index is 0.0673. The van der Waals surface area contributed by atoms with Crippen molar-refractivity contribution in [2.45, 2.75) is 12.5 Å². The van der Waals surface area contributed by atoms with Gasteiger partial charge in [-0.15, -0.1) is 0 Å². The molecular weight excluding hydrogens is 208 g/mol. The molecule has 86 valence electrons. The highest BCUT2D eigenvalue weighted by molar-refractivity contribution is 5.97. The molecule has 16 heavy (non-hydrogen) atoms. The van der Waals surface area contributed by atoms with Crippen molar-refractivity contribution in [3.05, 3.63) is 22.6 Å². The lowest BCUT2D eigenvalue weighted by atomic mass is 10.1. The molecular formula is C10H14N4O2. The second kappa shape index (κ2) is 3.97. The molecule has 0 aliphatic carbocycles. The van der Waals surface area contributed by atoms with Crippen LogP contribution in [0, 0.1) is 0 Å². The fourth-order valence-corrected chi connectivity index (χ4v) is 1.49. The molecule has 0 aromatic carbocycles. The van der Waals surface area contributed by atoms with Crippen LogP contribution in [0.5, 0.6) is 0 Å². The average Bonchev–Trinajstić information content (AvgIpc) is 2.16. The van der Waals surface area contributed by atoms with Crippen molar-refractivity contribution in [2.75, 3.05) is 17.6 Å². The Morgan fingerprint density at radius 2 is 2.38 bits per heavy atom. The summed E-state index contributed by atoms with van der Waals surface area (Å²) in [4.78, 5) is 23.1. The van der Waals surface area contributed by atoms with E-state index in [1.54, 1.807) is 19.3 Å². The monoisotopic (exact) mass is 222 g/mol. The van der Waals surface area contributed by atoms with Gasteiger partial charge in [0.25, 0.3) is 5.56 Å². The second-order valence-electron chi connectivity index (χ2n) is 3.84. The number of nitrogens with two attached hydrogens (primary N) is 1. The number of nitrogen functional groups attached to an aromatic ring is 1. The number of aromatic nitrogens is 1. The Morgan fingerprint density at radius 3 is 2.94 bits per heavy atom. The summed E-state index contributed by atoms with van der Waals surface area (Å²) in [7, 11) is 1.61. The van der Waals surface area contributed by atoms with Gasteiger partial charge in [-0.3, -0.25) is 9.59 Å². The number of hydrogen-bond acceptors (Lipinski definition) is 4. The molecule has 1 aromatic heterocycles. The molecule has 6 heteroatoms. The van der Waals surface area contributed by atoms with Crippen LogP contribution in [0.1, 0.15) is 6.42 Å². The molecule has 1 atom stereocenters. The van der Waals surface area contributed by atoms with Gasteiger partial charge in [0.1, 0.15) is 5.69 Å². The first-order valence-corrected chi connectivity index (χ1v) is 5.09. The highest BCUT2D eigenvalue weighted by Gasteiger charge is 2.24. The van der Waals surface area contributed by atoms with Gasteiger partial charge in [-0.2, -0.15) is 0 Å². The van der Waals surface area contributed by atoms with Crippen LogP contribution >= 0.6 is 0 Å². The lowest BCUT2D eigenvalue weighted by Crippen LogP contribution is -2.51. The zero-order valence-corrected chi connectivity index (χ0v) is 8.99. The highest BCUT2D eigenvalue weighted by Crippen LogP contribution is 2.14. The number of nitrogens with zero attached hydrogens (tertiary/aromatic N) is 1. The molecule has 2 rings (SSSR count). The lowest BCUT2D eigenvalue weighted by Gasteiger charge is -2.26. The second-order valence-corrected chi connectivity index (χ2v) is 3.84. The van der Waals surface area contributed by atoms with E-state index in [1.807, 2.05) is 0 Å². The molecule has 0 saturated carbocycles. The van der Waals surface area contributed by atoms with E-state index in [9.17, 15) is 9.59 Å². The van der Waals surface area contributed by atoms with Gasteiger partial charge in [-0.05, 0) is 19.0 Å². The van der Waals surface area contributed by atoms with Crippen LogP contribution in [0.2, 0.25) is 0 Å². The standard InChI is InChI=1S/C10H14N4O2/c1-14-5-3-6(8(11)10(14)16)13-9(15)7-2-4-12-7/h3,5,7,12H,2,4,11H2,1H3,(H,13,15). The van der Waals surface area contributed by atoms with E-state index in [1.165, 1.54) is 4.57 Å².